The first kappa shape index (κ1) is 30.2. The maximum Gasteiger partial charge on any atom is 0.387 e. The first-order chi connectivity index (χ1) is 18.1. The van der Waals surface area contributed by atoms with Crippen molar-refractivity contribution in [3.63, 3.8) is 0 Å². The van der Waals surface area contributed by atoms with Crippen LogP contribution in [-0.4, -0.2) is 32.5 Å². The van der Waals surface area contributed by atoms with Crippen molar-refractivity contribution in [1.82, 2.24) is 0 Å². The second kappa shape index (κ2) is 13.6. The van der Waals surface area contributed by atoms with E-state index in [9.17, 15) is 8.78 Å². The van der Waals surface area contributed by atoms with Gasteiger partial charge in [-0.2, -0.15) is 8.78 Å². The smallest absolute Gasteiger partial charge is 0.387 e. The highest BCUT2D eigenvalue weighted by Gasteiger charge is 2.41. The van der Waals surface area contributed by atoms with Crippen LogP contribution in [0.3, 0.4) is 0 Å². The molecule has 0 radical (unpaired) electrons. The molecular formula is C27H27Br3F2N2O4. The summed E-state index contributed by atoms with van der Waals surface area (Å²) in [5.41, 5.74) is 7.03. The van der Waals surface area contributed by atoms with Gasteiger partial charge in [0, 0.05) is 13.4 Å². The monoisotopic (exact) mass is 718 g/mol. The Morgan fingerprint density at radius 3 is 1.97 bits per heavy atom. The van der Waals surface area contributed by atoms with E-state index in [0.29, 0.717) is 24.5 Å². The Morgan fingerprint density at radius 2 is 1.47 bits per heavy atom. The lowest BCUT2D eigenvalue weighted by molar-refractivity contribution is -0.0503. The number of nitrogens with two attached hydrogens (primary N) is 1. The number of amidine groups is 1. The van der Waals surface area contributed by atoms with E-state index in [2.05, 4.69) is 57.5 Å². The number of hydrogen-bond donors (Lipinski definition) is 1. The summed E-state index contributed by atoms with van der Waals surface area (Å²) in [6.07, 6.45) is 0. The summed E-state index contributed by atoms with van der Waals surface area (Å²) in [6, 6.07) is 16.5. The normalized spacial score (nSPS) is 16.3. The standard InChI is InChI=1S/C19H19BrF2N2O3.C8H8Br2O/c1-3-25-15-8-13(7-14(20)9-15)19(10-26-18(23)24-19)12-4-5-16(11(2)6-12)27-17(21)22;1-2-11-8-4-6(9)3-7(10)5-8/h4-9,17H,3,10H2,1-2H3,(H2,23,24);3-5H,2H2,1H3. The summed E-state index contributed by atoms with van der Waals surface area (Å²) in [7, 11) is 0. The fourth-order valence-corrected chi connectivity index (χ4v) is 5.58. The highest BCUT2D eigenvalue weighted by atomic mass is 79.9. The predicted octanol–water partition coefficient (Wildman–Crippen LogP) is 7.96. The van der Waals surface area contributed by atoms with Gasteiger partial charge < -0.3 is 24.7 Å². The van der Waals surface area contributed by atoms with Crippen LogP contribution in [0.4, 0.5) is 8.78 Å². The average Bonchev–Trinajstić information content (AvgIpc) is 3.23. The largest absolute Gasteiger partial charge is 0.494 e. The molecule has 6 nitrogen and oxygen atoms in total. The van der Waals surface area contributed by atoms with Gasteiger partial charge >= 0.3 is 6.61 Å². The topological polar surface area (TPSA) is 75.3 Å². The summed E-state index contributed by atoms with van der Waals surface area (Å²) >= 11 is 10.2. The molecule has 2 N–H and O–H groups in total. The minimum atomic E-state index is -2.88. The van der Waals surface area contributed by atoms with Crippen LogP contribution in [0, 0.1) is 6.92 Å². The fourth-order valence-electron chi connectivity index (χ4n) is 3.86. The maximum absolute atomic E-state index is 12.6. The predicted molar refractivity (Wildman–Crippen MR) is 154 cm³/mol. The molecule has 0 spiro atoms. The van der Waals surface area contributed by atoms with E-state index in [4.69, 9.17) is 19.9 Å². The molecule has 0 saturated heterocycles. The van der Waals surface area contributed by atoms with Gasteiger partial charge in [0.2, 0.25) is 0 Å². The Kier molecular flexibility index (Phi) is 10.8. The molecule has 0 aromatic heterocycles. The van der Waals surface area contributed by atoms with Crippen LogP contribution in [0.25, 0.3) is 0 Å². The second-order valence-electron chi connectivity index (χ2n) is 8.10. The van der Waals surface area contributed by atoms with Gasteiger partial charge in [-0.05, 0) is 86.0 Å². The second-order valence-corrected chi connectivity index (χ2v) is 10.9. The van der Waals surface area contributed by atoms with Crippen LogP contribution >= 0.6 is 47.8 Å². The lowest BCUT2D eigenvalue weighted by Gasteiger charge is -2.27. The van der Waals surface area contributed by atoms with Gasteiger partial charge in [0.25, 0.3) is 6.02 Å². The summed E-state index contributed by atoms with van der Waals surface area (Å²) < 4.78 is 48.9. The van der Waals surface area contributed by atoms with Gasteiger partial charge in [-0.3, -0.25) is 0 Å². The molecule has 0 bridgehead atoms. The first-order valence-corrected chi connectivity index (χ1v) is 14.0. The molecule has 1 aliphatic heterocycles. The van der Waals surface area contributed by atoms with Crippen LogP contribution in [-0.2, 0) is 10.3 Å². The highest BCUT2D eigenvalue weighted by Crippen LogP contribution is 2.41. The summed E-state index contributed by atoms with van der Waals surface area (Å²) in [5, 5.41) is 0. The number of rotatable bonds is 8. The van der Waals surface area contributed by atoms with Crippen molar-refractivity contribution < 1.29 is 27.7 Å². The lowest BCUT2D eigenvalue weighted by Crippen LogP contribution is -2.27. The molecule has 204 valence electrons. The van der Waals surface area contributed by atoms with Crippen molar-refractivity contribution in [2.45, 2.75) is 32.9 Å². The van der Waals surface area contributed by atoms with Crippen molar-refractivity contribution in [3.05, 3.63) is 84.7 Å². The van der Waals surface area contributed by atoms with Crippen molar-refractivity contribution in [2.75, 3.05) is 19.8 Å². The molecule has 3 aromatic rings. The van der Waals surface area contributed by atoms with E-state index in [1.807, 2.05) is 50.2 Å². The van der Waals surface area contributed by atoms with Crippen LogP contribution < -0.4 is 19.9 Å². The third-order valence-electron chi connectivity index (χ3n) is 5.41. The van der Waals surface area contributed by atoms with E-state index >= 15 is 0 Å². The van der Waals surface area contributed by atoms with Crippen LogP contribution in [0.5, 0.6) is 17.2 Å². The molecular weight excluding hydrogens is 694 g/mol. The molecule has 0 aliphatic carbocycles. The van der Waals surface area contributed by atoms with Gasteiger partial charge in [-0.15, -0.1) is 0 Å². The molecule has 0 amide bonds. The molecule has 1 unspecified atom stereocenters. The van der Waals surface area contributed by atoms with E-state index in [-0.39, 0.29) is 18.4 Å². The van der Waals surface area contributed by atoms with Gasteiger partial charge in [-0.1, -0.05) is 53.9 Å². The molecule has 0 fully saturated rings. The van der Waals surface area contributed by atoms with Gasteiger partial charge in [0.05, 0.1) is 13.2 Å². The molecule has 3 aromatic carbocycles. The Morgan fingerprint density at radius 1 is 0.895 bits per heavy atom. The van der Waals surface area contributed by atoms with E-state index in [1.54, 1.807) is 19.1 Å². The lowest BCUT2D eigenvalue weighted by atomic mass is 9.83. The quantitative estimate of drug-likeness (QED) is 0.256. The van der Waals surface area contributed by atoms with Gasteiger partial charge in [-0.25, -0.2) is 4.99 Å². The molecule has 1 heterocycles. The van der Waals surface area contributed by atoms with E-state index in [1.165, 1.54) is 6.07 Å². The minimum absolute atomic E-state index is 0.0681. The SMILES string of the molecule is CCOc1cc(Br)cc(Br)c1.CCOc1cc(Br)cc(C2(c3ccc(OC(F)F)c(C)c3)COC(N)=N2)c1. The van der Waals surface area contributed by atoms with Crippen molar-refractivity contribution >= 4 is 53.8 Å². The summed E-state index contributed by atoms with van der Waals surface area (Å²) in [5.74, 6) is 1.68. The molecule has 38 heavy (non-hydrogen) atoms. The minimum Gasteiger partial charge on any atom is -0.494 e. The number of hydrogen-bond acceptors (Lipinski definition) is 6. The Bertz CT molecular complexity index is 1270. The molecule has 1 atom stereocenters. The van der Waals surface area contributed by atoms with Crippen LogP contribution in [0.2, 0.25) is 0 Å². The number of ether oxygens (including phenoxy) is 4. The number of alkyl halides is 2. The summed E-state index contributed by atoms with van der Waals surface area (Å²) in [6.45, 7) is 4.09. The van der Waals surface area contributed by atoms with Crippen molar-refractivity contribution in [3.8, 4) is 17.2 Å². The number of aryl methyl sites for hydroxylation is 1. The average molecular weight is 721 g/mol. The first-order valence-electron chi connectivity index (χ1n) is 11.6. The molecule has 0 saturated carbocycles. The molecule has 4 rings (SSSR count). The number of benzene rings is 3. The molecule has 11 heteroatoms. The zero-order valence-electron chi connectivity index (χ0n) is 20.9. The van der Waals surface area contributed by atoms with Crippen molar-refractivity contribution in [1.29, 1.82) is 0 Å². The van der Waals surface area contributed by atoms with E-state index < -0.39 is 12.2 Å². The fraction of sp³-hybridized carbons (Fsp3) is 0.296. The van der Waals surface area contributed by atoms with Crippen molar-refractivity contribution in [2.24, 2.45) is 10.7 Å². The number of nitrogens with zero attached hydrogens (tertiary/aromatic N) is 1. The van der Waals surface area contributed by atoms with Gasteiger partial charge in [0.15, 0.2) is 5.54 Å². The zero-order chi connectivity index (χ0) is 27.9. The number of halogens is 5. The summed E-state index contributed by atoms with van der Waals surface area (Å²) in [4.78, 5) is 4.54. The Balaban J connectivity index is 0.000000304. The van der Waals surface area contributed by atoms with Gasteiger partial charge in [0.1, 0.15) is 23.9 Å². The maximum atomic E-state index is 12.6. The Labute approximate surface area is 245 Å². The molecule has 1 aliphatic rings. The zero-order valence-corrected chi connectivity index (χ0v) is 25.7. The van der Waals surface area contributed by atoms with Crippen LogP contribution in [0.1, 0.15) is 30.5 Å². The third-order valence-corrected chi connectivity index (χ3v) is 6.78. The number of aliphatic imine (C=N–C) groups is 1. The third kappa shape index (κ3) is 7.83. The van der Waals surface area contributed by atoms with E-state index in [0.717, 1.165) is 30.3 Å². The highest BCUT2D eigenvalue weighted by molar-refractivity contribution is 9.11. The Hall–Kier alpha value is -2.37. The van der Waals surface area contributed by atoms with Crippen LogP contribution in [0.15, 0.2) is 73.0 Å².